The molecule has 1 aromatic heterocycles. The van der Waals surface area contributed by atoms with Gasteiger partial charge in [-0.3, -0.25) is 0 Å². The lowest BCUT2D eigenvalue weighted by molar-refractivity contribution is 0.314. The Labute approximate surface area is 123 Å². The molecule has 20 heavy (non-hydrogen) atoms. The number of nitrogens with two attached hydrogens (primary N) is 1. The third kappa shape index (κ3) is 3.70. The van der Waals surface area contributed by atoms with Crippen LogP contribution in [0.5, 0.6) is 0 Å². The highest BCUT2D eigenvalue weighted by Gasteiger charge is 2.23. The lowest BCUT2D eigenvalue weighted by atomic mass is 10.1. The van der Waals surface area contributed by atoms with Gasteiger partial charge in [0.05, 0.1) is 0 Å². The van der Waals surface area contributed by atoms with Crippen LogP contribution in [0.15, 0.2) is 12.3 Å². The molecule has 2 unspecified atom stereocenters. The van der Waals surface area contributed by atoms with Crippen LogP contribution >= 0.6 is 0 Å². The molecule has 4 heteroatoms. The van der Waals surface area contributed by atoms with Gasteiger partial charge < -0.3 is 15.5 Å². The van der Waals surface area contributed by atoms with Gasteiger partial charge in [-0.1, -0.05) is 6.07 Å². The first kappa shape index (κ1) is 15.3. The maximum Gasteiger partial charge on any atom is 0.131 e. The number of hydrogen-bond acceptors (Lipinski definition) is 4. The summed E-state index contributed by atoms with van der Waals surface area (Å²) in [6.45, 7) is 6.45. The molecule has 2 heterocycles. The minimum Gasteiger partial charge on any atom is -0.358 e. The minimum atomic E-state index is 0.187. The molecule has 1 aliphatic rings. The highest BCUT2D eigenvalue weighted by Crippen LogP contribution is 2.21. The van der Waals surface area contributed by atoms with Gasteiger partial charge in [0.1, 0.15) is 5.82 Å². The molecule has 0 bridgehead atoms. The van der Waals surface area contributed by atoms with Gasteiger partial charge in [0.2, 0.25) is 0 Å². The van der Waals surface area contributed by atoms with E-state index in [0.717, 1.165) is 18.8 Å². The molecule has 1 aromatic rings. The molecular weight excluding hydrogens is 248 g/mol. The highest BCUT2D eigenvalue weighted by atomic mass is 15.2. The molecule has 1 fully saturated rings. The van der Waals surface area contributed by atoms with Crippen LogP contribution in [0.3, 0.4) is 0 Å². The van der Waals surface area contributed by atoms with Crippen LogP contribution in [0.2, 0.25) is 0 Å². The Bertz CT molecular complexity index is 444. The standard InChI is InChI=1S/C16H28N4/c1-12-8-14(9-13(2)17)10-18-16(12)20(4)11-15-6-5-7-19(15)3/h8,10,13,15H,5-7,9,11,17H2,1-4H3. The summed E-state index contributed by atoms with van der Waals surface area (Å²) in [7, 11) is 4.37. The van der Waals surface area contributed by atoms with Crippen molar-refractivity contribution in [3.8, 4) is 0 Å². The van der Waals surface area contributed by atoms with Crippen LogP contribution in [0.25, 0.3) is 0 Å². The Morgan fingerprint density at radius 3 is 2.85 bits per heavy atom. The van der Waals surface area contributed by atoms with Gasteiger partial charge in [0.15, 0.2) is 0 Å². The molecule has 2 N–H and O–H groups in total. The topological polar surface area (TPSA) is 45.4 Å². The van der Waals surface area contributed by atoms with E-state index in [1.54, 1.807) is 0 Å². The molecule has 4 nitrogen and oxygen atoms in total. The number of likely N-dealkylation sites (tertiary alicyclic amines) is 1. The summed E-state index contributed by atoms with van der Waals surface area (Å²) in [6, 6.07) is 3.07. The van der Waals surface area contributed by atoms with Gasteiger partial charge in [-0.25, -0.2) is 4.98 Å². The predicted octanol–water partition coefficient (Wildman–Crippen LogP) is 1.81. The van der Waals surface area contributed by atoms with Crippen LogP contribution in [0, 0.1) is 6.92 Å². The molecule has 0 saturated carbocycles. The summed E-state index contributed by atoms with van der Waals surface area (Å²) in [5, 5.41) is 0. The van der Waals surface area contributed by atoms with Crippen molar-refractivity contribution in [2.45, 2.75) is 45.2 Å². The van der Waals surface area contributed by atoms with Crippen molar-refractivity contribution >= 4 is 5.82 Å². The molecule has 0 radical (unpaired) electrons. The number of aromatic nitrogens is 1. The first-order valence-corrected chi connectivity index (χ1v) is 7.60. The third-order valence-corrected chi connectivity index (χ3v) is 4.18. The SMILES string of the molecule is Cc1cc(CC(C)N)cnc1N(C)CC1CCCN1C. The van der Waals surface area contributed by atoms with Crippen molar-refractivity contribution in [1.29, 1.82) is 0 Å². The Morgan fingerprint density at radius 2 is 2.30 bits per heavy atom. The Kier molecular flexibility index (Phi) is 5.00. The number of aryl methyl sites for hydroxylation is 1. The van der Waals surface area contributed by atoms with E-state index < -0.39 is 0 Å². The maximum absolute atomic E-state index is 5.85. The fourth-order valence-electron chi connectivity index (χ4n) is 3.12. The summed E-state index contributed by atoms with van der Waals surface area (Å²) in [4.78, 5) is 9.39. The van der Waals surface area contributed by atoms with Crippen LogP contribution in [-0.4, -0.2) is 49.2 Å². The summed E-state index contributed by atoms with van der Waals surface area (Å²) in [6.07, 6.45) is 5.47. The molecule has 1 aliphatic heterocycles. The van der Waals surface area contributed by atoms with E-state index in [-0.39, 0.29) is 6.04 Å². The van der Waals surface area contributed by atoms with Crippen LogP contribution in [0.1, 0.15) is 30.9 Å². The van der Waals surface area contributed by atoms with E-state index in [4.69, 9.17) is 5.73 Å². The number of rotatable bonds is 5. The maximum atomic E-state index is 5.85. The number of anilines is 1. The largest absolute Gasteiger partial charge is 0.358 e. The number of pyridine rings is 1. The molecule has 2 atom stereocenters. The van der Waals surface area contributed by atoms with Gasteiger partial charge in [-0.2, -0.15) is 0 Å². The lowest BCUT2D eigenvalue weighted by Gasteiger charge is -2.27. The first-order valence-electron chi connectivity index (χ1n) is 7.60. The van der Waals surface area contributed by atoms with E-state index in [1.807, 2.05) is 13.1 Å². The second kappa shape index (κ2) is 6.55. The molecule has 1 saturated heterocycles. The molecule has 0 amide bonds. The van der Waals surface area contributed by atoms with E-state index in [1.165, 1.54) is 30.5 Å². The zero-order chi connectivity index (χ0) is 14.7. The molecule has 0 aliphatic carbocycles. The Morgan fingerprint density at radius 1 is 1.55 bits per heavy atom. The summed E-state index contributed by atoms with van der Waals surface area (Å²) in [5.41, 5.74) is 8.32. The van der Waals surface area contributed by atoms with Crippen molar-refractivity contribution in [2.24, 2.45) is 5.73 Å². The monoisotopic (exact) mass is 276 g/mol. The average Bonchev–Trinajstić information content (AvgIpc) is 2.74. The van der Waals surface area contributed by atoms with E-state index >= 15 is 0 Å². The number of hydrogen-bond donors (Lipinski definition) is 1. The van der Waals surface area contributed by atoms with E-state index in [9.17, 15) is 0 Å². The third-order valence-electron chi connectivity index (χ3n) is 4.18. The lowest BCUT2D eigenvalue weighted by Crippen LogP contribution is -2.37. The number of nitrogens with zero attached hydrogens (tertiary/aromatic N) is 3. The summed E-state index contributed by atoms with van der Waals surface area (Å²) in [5.74, 6) is 1.10. The fraction of sp³-hybridized carbons (Fsp3) is 0.688. The molecule has 2 rings (SSSR count). The average molecular weight is 276 g/mol. The second-order valence-electron chi connectivity index (χ2n) is 6.32. The normalized spacial score (nSPS) is 21.1. The van der Waals surface area contributed by atoms with Gasteiger partial charge in [-0.15, -0.1) is 0 Å². The minimum absolute atomic E-state index is 0.187. The van der Waals surface area contributed by atoms with Crippen LogP contribution in [-0.2, 0) is 6.42 Å². The molecular formula is C16H28N4. The van der Waals surface area contributed by atoms with Crippen molar-refractivity contribution in [2.75, 3.05) is 32.1 Å². The molecule has 0 spiro atoms. The van der Waals surface area contributed by atoms with Gasteiger partial charge >= 0.3 is 0 Å². The van der Waals surface area contributed by atoms with Gasteiger partial charge in [0.25, 0.3) is 0 Å². The summed E-state index contributed by atoms with van der Waals surface area (Å²) < 4.78 is 0. The smallest absolute Gasteiger partial charge is 0.131 e. The highest BCUT2D eigenvalue weighted by molar-refractivity contribution is 5.47. The Hall–Kier alpha value is -1.13. The van der Waals surface area contributed by atoms with Crippen molar-refractivity contribution < 1.29 is 0 Å². The van der Waals surface area contributed by atoms with E-state index in [0.29, 0.717) is 6.04 Å². The van der Waals surface area contributed by atoms with Crippen molar-refractivity contribution in [3.05, 3.63) is 23.4 Å². The predicted molar refractivity (Wildman–Crippen MR) is 85.2 cm³/mol. The molecule has 112 valence electrons. The Balaban J connectivity index is 2.04. The van der Waals surface area contributed by atoms with Crippen molar-refractivity contribution in [3.63, 3.8) is 0 Å². The first-order chi connectivity index (χ1) is 9.47. The quantitative estimate of drug-likeness (QED) is 0.891. The zero-order valence-corrected chi connectivity index (χ0v) is 13.3. The van der Waals surface area contributed by atoms with Crippen LogP contribution < -0.4 is 10.6 Å². The van der Waals surface area contributed by atoms with Crippen molar-refractivity contribution in [1.82, 2.24) is 9.88 Å². The zero-order valence-electron chi connectivity index (χ0n) is 13.3. The molecule has 0 aromatic carbocycles. The van der Waals surface area contributed by atoms with Gasteiger partial charge in [-0.05, 0) is 57.8 Å². The number of likely N-dealkylation sites (N-methyl/N-ethyl adjacent to an activating group) is 2. The second-order valence-corrected chi connectivity index (χ2v) is 6.32. The summed E-state index contributed by atoms with van der Waals surface area (Å²) >= 11 is 0. The van der Waals surface area contributed by atoms with E-state index in [2.05, 4.69) is 41.9 Å². The van der Waals surface area contributed by atoms with Crippen LogP contribution in [0.4, 0.5) is 5.82 Å². The fourth-order valence-corrected chi connectivity index (χ4v) is 3.12. The van der Waals surface area contributed by atoms with Gasteiger partial charge in [0, 0.05) is 31.9 Å².